The maximum atomic E-state index is 13.5. The number of nitrogens with zero attached hydrogens (tertiary/aromatic N) is 2. The van der Waals surface area contributed by atoms with E-state index in [-0.39, 0.29) is 17.1 Å². The Morgan fingerprint density at radius 2 is 1.72 bits per heavy atom. The molecule has 4 aromatic rings. The van der Waals surface area contributed by atoms with Crippen molar-refractivity contribution in [2.24, 2.45) is 0 Å². The molecule has 0 saturated heterocycles. The van der Waals surface area contributed by atoms with Crippen LogP contribution in [0.25, 0.3) is 11.0 Å². The molecule has 0 saturated carbocycles. The predicted molar refractivity (Wildman–Crippen MR) is 114 cm³/mol. The Morgan fingerprint density at radius 3 is 2.41 bits per heavy atom. The molecule has 5 nitrogen and oxygen atoms in total. The second-order valence-corrected chi connectivity index (χ2v) is 8.27. The van der Waals surface area contributed by atoms with E-state index >= 15 is 0 Å². The van der Waals surface area contributed by atoms with Crippen LogP contribution in [0.1, 0.15) is 44.5 Å². The van der Waals surface area contributed by atoms with Crippen molar-refractivity contribution < 1.29 is 9.21 Å². The molecule has 0 radical (unpaired) electrons. The van der Waals surface area contributed by atoms with Crippen molar-refractivity contribution in [1.29, 1.82) is 0 Å². The molecule has 144 valence electrons. The molecule has 2 aromatic heterocycles. The van der Waals surface area contributed by atoms with Gasteiger partial charge in [0.05, 0.1) is 22.7 Å². The molecule has 1 unspecified atom stereocenters. The fourth-order valence-corrected chi connectivity index (χ4v) is 4.63. The summed E-state index contributed by atoms with van der Waals surface area (Å²) in [5.41, 5.74) is 4.40. The number of rotatable bonds is 2. The number of fused-ring (bicyclic) bond motifs is 2. The topological polar surface area (TPSA) is 63.4 Å². The van der Waals surface area contributed by atoms with E-state index in [2.05, 4.69) is 4.98 Å². The average Bonchev–Trinajstić information content (AvgIpc) is 3.25. The van der Waals surface area contributed by atoms with Gasteiger partial charge in [0.2, 0.25) is 5.76 Å². The standard InChI is InChI=1S/C23H18N2O3S/c1-12-4-7-15(8-5-12)19-18-20(26)16-10-13(2)6-9-17(16)28-21(18)22(27)25(19)23-24-14(3)11-29-23/h4-11,19H,1-3H3. The molecule has 6 heteroatoms. The molecule has 5 rings (SSSR count). The van der Waals surface area contributed by atoms with E-state index in [9.17, 15) is 9.59 Å². The number of thiazole rings is 1. The second kappa shape index (κ2) is 6.39. The van der Waals surface area contributed by atoms with Gasteiger partial charge in [-0.05, 0) is 38.5 Å². The normalized spacial score (nSPS) is 15.9. The smallest absolute Gasteiger partial charge is 0.297 e. The Labute approximate surface area is 171 Å². The summed E-state index contributed by atoms with van der Waals surface area (Å²) in [5, 5.41) is 2.95. The van der Waals surface area contributed by atoms with E-state index in [0.29, 0.717) is 21.7 Å². The van der Waals surface area contributed by atoms with Crippen LogP contribution in [0.4, 0.5) is 5.13 Å². The molecular weight excluding hydrogens is 384 g/mol. The lowest BCUT2D eigenvalue weighted by molar-refractivity contribution is 0.0971. The molecule has 0 spiro atoms. The lowest BCUT2D eigenvalue weighted by atomic mass is 9.97. The predicted octanol–water partition coefficient (Wildman–Crippen LogP) is 4.92. The summed E-state index contributed by atoms with van der Waals surface area (Å²) in [6.45, 7) is 5.82. The van der Waals surface area contributed by atoms with Gasteiger partial charge in [-0.25, -0.2) is 4.98 Å². The van der Waals surface area contributed by atoms with Crippen molar-refractivity contribution in [2.45, 2.75) is 26.8 Å². The molecule has 0 fully saturated rings. The highest BCUT2D eigenvalue weighted by Gasteiger charge is 2.44. The number of anilines is 1. The number of hydrogen-bond donors (Lipinski definition) is 0. The van der Waals surface area contributed by atoms with Crippen molar-refractivity contribution in [3.05, 3.63) is 91.8 Å². The molecule has 0 N–H and O–H groups in total. The third-order valence-corrected chi connectivity index (χ3v) is 6.19. The molecule has 1 amide bonds. The van der Waals surface area contributed by atoms with Crippen LogP contribution in [0.2, 0.25) is 0 Å². The van der Waals surface area contributed by atoms with E-state index in [4.69, 9.17) is 4.42 Å². The lowest BCUT2D eigenvalue weighted by Crippen LogP contribution is -2.29. The van der Waals surface area contributed by atoms with Crippen molar-refractivity contribution in [3.8, 4) is 0 Å². The molecule has 1 atom stereocenters. The summed E-state index contributed by atoms with van der Waals surface area (Å²) in [6.07, 6.45) is 0. The van der Waals surface area contributed by atoms with Crippen molar-refractivity contribution in [1.82, 2.24) is 4.98 Å². The molecule has 3 heterocycles. The Morgan fingerprint density at radius 1 is 1.00 bits per heavy atom. The zero-order valence-electron chi connectivity index (χ0n) is 16.2. The van der Waals surface area contributed by atoms with Gasteiger partial charge in [-0.3, -0.25) is 14.5 Å². The van der Waals surface area contributed by atoms with Crippen molar-refractivity contribution >= 4 is 33.3 Å². The van der Waals surface area contributed by atoms with E-state index in [1.807, 2.05) is 62.5 Å². The third kappa shape index (κ3) is 2.71. The first-order chi connectivity index (χ1) is 13.9. The van der Waals surface area contributed by atoms with Gasteiger partial charge in [0.25, 0.3) is 5.91 Å². The highest BCUT2D eigenvalue weighted by Crippen LogP contribution is 2.42. The number of hydrogen-bond acceptors (Lipinski definition) is 5. The van der Waals surface area contributed by atoms with Crippen LogP contribution in [0.15, 0.2) is 57.1 Å². The summed E-state index contributed by atoms with van der Waals surface area (Å²) < 4.78 is 5.97. The number of amides is 1. The van der Waals surface area contributed by atoms with Gasteiger partial charge >= 0.3 is 0 Å². The zero-order valence-corrected chi connectivity index (χ0v) is 17.0. The minimum absolute atomic E-state index is 0.102. The first-order valence-electron chi connectivity index (χ1n) is 9.33. The van der Waals surface area contributed by atoms with Crippen LogP contribution in [-0.4, -0.2) is 10.9 Å². The van der Waals surface area contributed by atoms with Gasteiger partial charge < -0.3 is 4.42 Å². The first kappa shape index (κ1) is 17.8. The molecular formula is C23H18N2O3S. The fourth-order valence-electron chi connectivity index (χ4n) is 3.80. The van der Waals surface area contributed by atoms with Crippen molar-refractivity contribution in [2.75, 3.05) is 4.90 Å². The SMILES string of the molecule is Cc1ccc(C2c3c(oc4ccc(C)cc4c3=O)C(=O)N2c2nc(C)cs2)cc1. The average molecular weight is 402 g/mol. The Hall–Kier alpha value is -3.25. The highest BCUT2D eigenvalue weighted by molar-refractivity contribution is 7.14. The first-order valence-corrected chi connectivity index (χ1v) is 10.2. The fraction of sp³-hybridized carbons (Fsp3) is 0.174. The van der Waals surface area contributed by atoms with Gasteiger partial charge in [0.1, 0.15) is 5.58 Å². The number of carbonyl (C=O) groups is 1. The van der Waals surface area contributed by atoms with Crippen molar-refractivity contribution in [3.63, 3.8) is 0 Å². The largest absolute Gasteiger partial charge is 0.450 e. The lowest BCUT2D eigenvalue weighted by Gasteiger charge is -2.22. The maximum Gasteiger partial charge on any atom is 0.297 e. The van der Waals surface area contributed by atoms with Gasteiger partial charge in [-0.1, -0.05) is 41.5 Å². The van der Waals surface area contributed by atoms with Crippen LogP contribution in [0.3, 0.4) is 0 Å². The van der Waals surface area contributed by atoms with E-state index in [1.54, 1.807) is 11.0 Å². The number of carbonyl (C=O) groups excluding carboxylic acids is 1. The molecule has 29 heavy (non-hydrogen) atoms. The molecule has 0 bridgehead atoms. The Balaban J connectivity index is 1.83. The number of aromatic nitrogens is 1. The third-order valence-electron chi connectivity index (χ3n) is 5.23. The Kier molecular flexibility index (Phi) is 3.93. The summed E-state index contributed by atoms with van der Waals surface area (Å²) in [5.74, 6) is -0.232. The van der Waals surface area contributed by atoms with E-state index in [0.717, 1.165) is 22.4 Å². The maximum absolute atomic E-state index is 13.5. The molecule has 2 aromatic carbocycles. The van der Waals surface area contributed by atoms with E-state index in [1.165, 1.54) is 11.3 Å². The minimum Gasteiger partial charge on any atom is -0.450 e. The molecule has 1 aliphatic rings. The summed E-state index contributed by atoms with van der Waals surface area (Å²) in [6, 6.07) is 12.7. The summed E-state index contributed by atoms with van der Waals surface area (Å²) in [7, 11) is 0. The van der Waals surface area contributed by atoms with Gasteiger partial charge in [-0.15, -0.1) is 11.3 Å². The highest BCUT2D eigenvalue weighted by atomic mass is 32.1. The second-order valence-electron chi connectivity index (χ2n) is 7.43. The Bertz CT molecular complexity index is 1330. The van der Waals surface area contributed by atoms with Crippen LogP contribution in [0, 0.1) is 20.8 Å². The van der Waals surface area contributed by atoms with Crippen LogP contribution in [0.5, 0.6) is 0 Å². The van der Waals surface area contributed by atoms with Gasteiger partial charge in [0, 0.05) is 5.38 Å². The van der Waals surface area contributed by atoms with E-state index < -0.39 is 6.04 Å². The monoisotopic (exact) mass is 402 g/mol. The van der Waals surface area contributed by atoms with Gasteiger partial charge in [-0.2, -0.15) is 0 Å². The summed E-state index contributed by atoms with van der Waals surface area (Å²) >= 11 is 1.39. The van der Waals surface area contributed by atoms with Crippen LogP contribution >= 0.6 is 11.3 Å². The quantitative estimate of drug-likeness (QED) is 0.477. The van der Waals surface area contributed by atoms with Gasteiger partial charge in [0.15, 0.2) is 10.6 Å². The zero-order chi connectivity index (χ0) is 20.3. The number of aryl methyl sites for hydroxylation is 3. The van der Waals surface area contributed by atoms with Crippen LogP contribution in [-0.2, 0) is 0 Å². The number of benzene rings is 2. The minimum atomic E-state index is -0.565. The van der Waals surface area contributed by atoms with Crippen LogP contribution < -0.4 is 10.3 Å². The summed E-state index contributed by atoms with van der Waals surface area (Å²) in [4.78, 5) is 33.0. The molecule has 1 aliphatic heterocycles. The molecule has 0 aliphatic carbocycles.